The van der Waals surface area contributed by atoms with E-state index < -0.39 is 59.5 Å². The van der Waals surface area contributed by atoms with Gasteiger partial charge < -0.3 is 19.7 Å². The van der Waals surface area contributed by atoms with Crippen LogP contribution in [0.15, 0.2) is 18.3 Å². The largest absolute Gasteiger partial charge is 0.476 e. The lowest BCUT2D eigenvalue weighted by atomic mass is 9.92. The molecule has 1 aromatic rings. The molecule has 1 aromatic heterocycles. The fourth-order valence-corrected chi connectivity index (χ4v) is 2.96. The summed E-state index contributed by atoms with van der Waals surface area (Å²) in [6.07, 6.45) is -5.48. The summed E-state index contributed by atoms with van der Waals surface area (Å²) in [6.45, 7) is 7.63. The predicted molar refractivity (Wildman–Crippen MR) is 108 cm³/mol. The van der Waals surface area contributed by atoms with E-state index in [-0.39, 0.29) is 19.5 Å². The molecule has 2 atom stereocenters. The van der Waals surface area contributed by atoms with Crippen molar-refractivity contribution in [3.8, 4) is 5.88 Å². The fourth-order valence-electron chi connectivity index (χ4n) is 2.96. The van der Waals surface area contributed by atoms with Crippen LogP contribution >= 0.6 is 0 Å². The SMILES string of the molecule is CC(C)(C)OC(=O)N1CCC(NC(=O)C(C)(C)COc2ncccc2C(F)(F)F)C(F)C1. The van der Waals surface area contributed by atoms with Crippen molar-refractivity contribution in [2.45, 2.75) is 65.0 Å². The standard InChI is InChI=1S/C21H29F4N3O4/c1-19(2,3)32-18(30)28-10-8-15(14(22)11-28)27-17(29)20(4,5)12-31-16-13(21(23,24)25)7-6-9-26-16/h6-7,9,14-15H,8,10-12H2,1-5H3,(H,27,29). The smallest absolute Gasteiger partial charge is 0.421 e. The number of hydrogen-bond acceptors (Lipinski definition) is 5. The number of alkyl halides is 4. The summed E-state index contributed by atoms with van der Waals surface area (Å²) < 4.78 is 64.3. The molecule has 0 aliphatic carbocycles. The summed E-state index contributed by atoms with van der Waals surface area (Å²) in [4.78, 5) is 29.6. The van der Waals surface area contributed by atoms with E-state index in [0.29, 0.717) is 0 Å². The number of hydrogen-bond donors (Lipinski definition) is 1. The van der Waals surface area contributed by atoms with Crippen LogP contribution in [0.3, 0.4) is 0 Å². The number of carbonyl (C=O) groups is 2. The Balaban J connectivity index is 1.94. The van der Waals surface area contributed by atoms with Crippen LogP contribution in [0.4, 0.5) is 22.4 Å². The molecule has 11 heteroatoms. The van der Waals surface area contributed by atoms with E-state index in [2.05, 4.69) is 10.3 Å². The quantitative estimate of drug-likeness (QED) is 0.669. The average molecular weight is 463 g/mol. The number of rotatable bonds is 5. The van der Waals surface area contributed by atoms with Gasteiger partial charge in [-0.05, 0) is 53.2 Å². The van der Waals surface area contributed by atoms with E-state index in [1.165, 1.54) is 18.7 Å². The van der Waals surface area contributed by atoms with Crippen molar-refractivity contribution in [2.75, 3.05) is 19.7 Å². The van der Waals surface area contributed by atoms with Gasteiger partial charge in [-0.1, -0.05) is 0 Å². The van der Waals surface area contributed by atoms with Crippen molar-refractivity contribution in [1.82, 2.24) is 15.2 Å². The molecule has 1 N–H and O–H groups in total. The maximum Gasteiger partial charge on any atom is 0.421 e. The van der Waals surface area contributed by atoms with E-state index >= 15 is 0 Å². The molecule has 0 radical (unpaired) electrons. The molecule has 1 aliphatic rings. The lowest BCUT2D eigenvalue weighted by Crippen LogP contribution is -2.56. The number of piperidine rings is 1. The molecule has 32 heavy (non-hydrogen) atoms. The molecular weight excluding hydrogens is 434 g/mol. The molecule has 2 amide bonds. The number of ether oxygens (including phenoxy) is 2. The summed E-state index contributed by atoms with van der Waals surface area (Å²) >= 11 is 0. The average Bonchev–Trinajstić information content (AvgIpc) is 2.66. The van der Waals surface area contributed by atoms with Crippen LogP contribution in [0, 0.1) is 5.41 Å². The van der Waals surface area contributed by atoms with Crippen LogP contribution in [-0.4, -0.2) is 59.4 Å². The Bertz CT molecular complexity index is 824. The third-order valence-electron chi connectivity index (χ3n) is 4.77. The monoisotopic (exact) mass is 463 g/mol. The third kappa shape index (κ3) is 6.96. The fraction of sp³-hybridized carbons (Fsp3) is 0.667. The normalized spacial score (nSPS) is 20.0. The minimum atomic E-state index is -4.65. The van der Waals surface area contributed by atoms with Crippen molar-refractivity contribution in [1.29, 1.82) is 0 Å². The molecule has 0 spiro atoms. The highest BCUT2D eigenvalue weighted by Gasteiger charge is 2.39. The number of carbonyl (C=O) groups excluding carboxylic acids is 2. The van der Waals surface area contributed by atoms with Crippen molar-refractivity contribution in [3.63, 3.8) is 0 Å². The number of nitrogens with zero attached hydrogens (tertiary/aromatic N) is 2. The number of amides is 2. The molecule has 2 rings (SSSR count). The summed E-state index contributed by atoms with van der Waals surface area (Å²) in [7, 11) is 0. The van der Waals surface area contributed by atoms with Gasteiger partial charge in [0.25, 0.3) is 0 Å². The van der Waals surface area contributed by atoms with Crippen LogP contribution in [0.25, 0.3) is 0 Å². The summed E-state index contributed by atoms with van der Waals surface area (Å²) in [5.74, 6) is -1.21. The van der Waals surface area contributed by atoms with Gasteiger partial charge in [-0.25, -0.2) is 14.2 Å². The minimum absolute atomic E-state index is 0.168. The second kappa shape index (κ2) is 9.50. The molecule has 0 bridgehead atoms. The number of nitrogens with one attached hydrogen (secondary N) is 1. The Morgan fingerprint density at radius 2 is 1.88 bits per heavy atom. The zero-order chi connectivity index (χ0) is 24.3. The van der Waals surface area contributed by atoms with E-state index in [9.17, 15) is 27.2 Å². The highest BCUT2D eigenvalue weighted by Crippen LogP contribution is 2.35. The molecular formula is C21H29F4N3O4. The molecule has 1 fully saturated rings. The second-order valence-electron chi connectivity index (χ2n) is 9.34. The van der Waals surface area contributed by atoms with Gasteiger partial charge in [0, 0.05) is 12.7 Å². The number of pyridine rings is 1. The Kier molecular flexibility index (Phi) is 7.62. The zero-order valence-corrected chi connectivity index (χ0v) is 18.8. The van der Waals surface area contributed by atoms with Gasteiger partial charge >= 0.3 is 12.3 Å². The van der Waals surface area contributed by atoms with Gasteiger partial charge in [-0.2, -0.15) is 13.2 Å². The maximum atomic E-state index is 14.6. The highest BCUT2D eigenvalue weighted by atomic mass is 19.4. The van der Waals surface area contributed by atoms with Crippen molar-refractivity contribution < 1.29 is 36.6 Å². The van der Waals surface area contributed by atoms with Crippen LogP contribution in [0.1, 0.15) is 46.6 Å². The lowest BCUT2D eigenvalue weighted by molar-refractivity contribution is -0.139. The zero-order valence-electron chi connectivity index (χ0n) is 18.8. The highest BCUT2D eigenvalue weighted by molar-refractivity contribution is 5.82. The van der Waals surface area contributed by atoms with Gasteiger partial charge in [0.15, 0.2) is 0 Å². The lowest BCUT2D eigenvalue weighted by Gasteiger charge is -2.37. The third-order valence-corrected chi connectivity index (χ3v) is 4.77. The predicted octanol–water partition coefficient (Wildman–Crippen LogP) is 3.97. The van der Waals surface area contributed by atoms with Crippen LogP contribution in [0.2, 0.25) is 0 Å². The number of halogens is 4. The van der Waals surface area contributed by atoms with Gasteiger partial charge in [0.2, 0.25) is 11.8 Å². The van der Waals surface area contributed by atoms with Crippen molar-refractivity contribution >= 4 is 12.0 Å². The van der Waals surface area contributed by atoms with Crippen LogP contribution in [-0.2, 0) is 15.7 Å². The second-order valence-corrected chi connectivity index (χ2v) is 9.34. The summed E-state index contributed by atoms with van der Waals surface area (Å²) in [5.41, 5.74) is -3.02. The molecule has 2 heterocycles. The number of likely N-dealkylation sites (tertiary alicyclic amines) is 1. The molecule has 7 nitrogen and oxygen atoms in total. The molecule has 0 saturated carbocycles. The first-order chi connectivity index (χ1) is 14.6. The minimum Gasteiger partial charge on any atom is -0.476 e. The van der Waals surface area contributed by atoms with Crippen molar-refractivity contribution in [3.05, 3.63) is 23.9 Å². The van der Waals surface area contributed by atoms with Gasteiger partial charge in [-0.15, -0.1) is 0 Å². The number of aromatic nitrogens is 1. The molecule has 2 unspecified atom stereocenters. The first-order valence-corrected chi connectivity index (χ1v) is 10.2. The van der Waals surface area contributed by atoms with Crippen molar-refractivity contribution in [2.24, 2.45) is 5.41 Å². The molecule has 1 saturated heterocycles. The first kappa shape index (κ1) is 25.7. The Morgan fingerprint density at radius 1 is 1.22 bits per heavy atom. The molecule has 180 valence electrons. The van der Waals surface area contributed by atoms with Gasteiger partial charge in [-0.3, -0.25) is 4.79 Å². The van der Waals surface area contributed by atoms with Crippen LogP contribution in [0.5, 0.6) is 5.88 Å². The van der Waals surface area contributed by atoms with E-state index in [4.69, 9.17) is 9.47 Å². The molecule has 0 aromatic carbocycles. The maximum absolute atomic E-state index is 14.6. The summed E-state index contributed by atoms with van der Waals surface area (Å²) in [5, 5.41) is 2.58. The van der Waals surface area contributed by atoms with E-state index in [1.54, 1.807) is 20.8 Å². The van der Waals surface area contributed by atoms with Gasteiger partial charge in [0.1, 0.15) is 23.9 Å². The van der Waals surface area contributed by atoms with Gasteiger partial charge in [0.05, 0.1) is 18.0 Å². The first-order valence-electron chi connectivity index (χ1n) is 10.2. The summed E-state index contributed by atoms with van der Waals surface area (Å²) in [6, 6.07) is 1.13. The Hall–Kier alpha value is -2.59. The van der Waals surface area contributed by atoms with E-state index in [1.807, 2.05) is 0 Å². The Morgan fingerprint density at radius 3 is 2.44 bits per heavy atom. The molecule has 1 aliphatic heterocycles. The van der Waals surface area contributed by atoms with E-state index in [0.717, 1.165) is 18.3 Å². The Labute approximate surface area is 184 Å². The van der Waals surface area contributed by atoms with Crippen LogP contribution < -0.4 is 10.1 Å². The topological polar surface area (TPSA) is 80.8 Å².